The van der Waals surface area contributed by atoms with Crippen molar-refractivity contribution in [2.45, 2.75) is 0 Å². The molecule has 0 aliphatic heterocycles. The van der Waals surface area contributed by atoms with Crippen molar-refractivity contribution in [3.8, 4) is 0 Å². The number of hydrogen-bond donors (Lipinski definition) is 1. The first kappa shape index (κ1) is 8.03. The van der Waals surface area contributed by atoms with Crippen LogP contribution in [0.15, 0.2) is 0 Å². The maximum Gasteiger partial charge on any atom is 0.187 e. The predicted octanol–water partition coefficient (Wildman–Crippen LogP) is 1.73. The van der Waals surface area contributed by atoms with Crippen LogP contribution < -0.4 is 5.14 Å². The fourth-order valence-corrected chi connectivity index (χ4v) is 3.03. The third-order valence-electron chi connectivity index (χ3n) is 0.146. The van der Waals surface area contributed by atoms with E-state index in [1.165, 1.54) is 19.7 Å². The van der Waals surface area contributed by atoms with Gasteiger partial charge in [0.1, 0.15) is 0 Å². The summed E-state index contributed by atoms with van der Waals surface area (Å²) in [5.74, 6) is 0. The van der Waals surface area contributed by atoms with Crippen LogP contribution in [0, 0.1) is 0 Å². The molecule has 7 heavy (non-hydrogen) atoms. The monoisotopic (exact) mass is 173 g/mol. The Morgan fingerprint density at radius 3 is 2.57 bits per heavy atom. The SMILES string of the molecule is NSSSSC=O. The zero-order chi connectivity index (χ0) is 5.54. The van der Waals surface area contributed by atoms with E-state index in [1.807, 2.05) is 0 Å². The molecule has 0 fully saturated rings. The summed E-state index contributed by atoms with van der Waals surface area (Å²) in [7, 11) is 5.00. The molecule has 2 N–H and O–H groups in total. The molecule has 0 heterocycles. The topological polar surface area (TPSA) is 43.1 Å². The van der Waals surface area contributed by atoms with Gasteiger partial charge in [-0.25, -0.2) is 0 Å². The average Bonchev–Trinajstić information content (AvgIpc) is 1.69. The van der Waals surface area contributed by atoms with Crippen LogP contribution in [0.3, 0.4) is 0 Å². The van der Waals surface area contributed by atoms with E-state index in [9.17, 15) is 4.79 Å². The summed E-state index contributed by atoms with van der Waals surface area (Å²) in [6, 6.07) is 0. The minimum absolute atomic E-state index is 0.772. The summed E-state index contributed by atoms with van der Waals surface area (Å²) in [5, 5.41) is 5.00. The molecule has 0 aliphatic carbocycles. The Labute approximate surface area is 57.1 Å². The van der Waals surface area contributed by atoms with Crippen LogP contribution in [0.1, 0.15) is 0 Å². The molecule has 0 saturated carbocycles. The maximum absolute atomic E-state index is 9.56. The highest BCUT2D eigenvalue weighted by atomic mass is 33.7. The van der Waals surface area contributed by atoms with Crippen LogP contribution in [0.25, 0.3) is 0 Å². The van der Waals surface area contributed by atoms with Crippen molar-refractivity contribution in [2.24, 2.45) is 5.14 Å². The molecule has 0 radical (unpaired) electrons. The van der Waals surface area contributed by atoms with Gasteiger partial charge >= 0.3 is 0 Å². The van der Waals surface area contributed by atoms with Crippen molar-refractivity contribution in [2.75, 3.05) is 0 Å². The zero-order valence-electron chi connectivity index (χ0n) is 3.20. The minimum Gasteiger partial charge on any atom is -0.290 e. The maximum atomic E-state index is 9.56. The molecule has 0 aromatic heterocycles. The molecule has 0 rings (SSSR count). The van der Waals surface area contributed by atoms with Crippen molar-refractivity contribution in [1.82, 2.24) is 0 Å². The highest BCUT2D eigenvalue weighted by Gasteiger charge is 1.82. The van der Waals surface area contributed by atoms with Gasteiger partial charge < -0.3 is 0 Å². The first-order chi connectivity index (χ1) is 3.41. The van der Waals surface area contributed by atoms with Crippen LogP contribution in [-0.2, 0) is 4.79 Å². The summed E-state index contributed by atoms with van der Waals surface area (Å²) in [6.07, 6.45) is 0. The summed E-state index contributed by atoms with van der Waals surface area (Å²) in [6.45, 7) is 0. The molecule has 0 spiro atoms. The molecule has 0 aromatic rings. The summed E-state index contributed by atoms with van der Waals surface area (Å²) in [4.78, 5) is 9.56. The highest BCUT2D eigenvalue weighted by Crippen LogP contribution is 2.38. The normalized spacial score (nSPS) is 8.71. The second kappa shape index (κ2) is 7.03. The number of carbonyl (C=O) groups excluding carboxylic acids is 1. The molecule has 2 nitrogen and oxygen atoms in total. The Hall–Kier alpha value is 1.03. The van der Waals surface area contributed by atoms with Gasteiger partial charge in [-0.15, -0.1) is 0 Å². The zero-order valence-corrected chi connectivity index (χ0v) is 6.46. The summed E-state index contributed by atoms with van der Waals surface area (Å²) >= 11 is 0. The van der Waals surface area contributed by atoms with E-state index >= 15 is 0 Å². The fourth-order valence-electron chi connectivity index (χ4n) is 0.0481. The van der Waals surface area contributed by atoms with Crippen molar-refractivity contribution in [1.29, 1.82) is 0 Å². The molecule has 0 atom stereocenters. The molecule has 0 bridgehead atoms. The van der Waals surface area contributed by atoms with E-state index in [1.54, 1.807) is 0 Å². The van der Waals surface area contributed by atoms with Crippen LogP contribution >= 0.6 is 41.4 Å². The Kier molecular flexibility index (Phi) is 8.06. The van der Waals surface area contributed by atoms with E-state index in [2.05, 4.69) is 0 Å². The van der Waals surface area contributed by atoms with Crippen LogP contribution in [0.4, 0.5) is 0 Å². The lowest BCUT2D eigenvalue weighted by Gasteiger charge is -1.83. The fraction of sp³-hybridized carbons (Fsp3) is 0. The highest BCUT2D eigenvalue weighted by molar-refractivity contribution is 9.27. The number of rotatable bonds is 4. The second-order valence-corrected chi connectivity index (χ2v) is 5.69. The average molecular weight is 173 g/mol. The lowest BCUT2D eigenvalue weighted by molar-refractivity contribution is 0.570. The lowest BCUT2D eigenvalue weighted by atomic mass is 11.8. The number of hydrogen-bond acceptors (Lipinski definition) is 6. The summed E-state index contributed by atoms with van der Waals surface area (Å²) in [5.41, 5.74) is 0.772. The Morgan fingerprint density at radius 1 is 1.43 bits per heavy atom. The van der Waals surface area contributed by atoms with E-state index in [0.29, 0.717) is 0 Å². The number of carbonyl (C=O) groups is 1. The Morgan fingerprint density at radius 2 is 2.14 bits per heavy atom. The molecular weight excluding hydrogens is 170 g/mol. The van der Waals surface area contributed by atoms with Gasteiger partial charge in [0.2, 0.25) is 0 Å². The van der Waals surface area contributed by atoms with Crippen molar-refractivity contribution >= 4 is 47.0 Å². The molecule has 42 valence electrons. The van der Waals surface area contributed by atoms with Gasteiger partial charge in [-0.3, -0.25) is 9.93 Å². The summed E-state index contributed by atoms with van der Waals surface area (Å²) < 4.78 is 0. The largest absolute Gasteiger partial charge is 0.290 e. The van der Waals surface area contributed by atoms with Crippen LogP contribution in [0.5, 0.6) is 0 Å². The Balaban J connectivity index is 2.56. The van der Waals surface area contributed by atoms with Gasteiger partial charge in [0.15, 0.2) is 5.62 Å². The van der Waals surface area contributed by atoms with Gasteiger partial charge in [-0.05, 0) is 31.6 Å². The van der Waals surface area contributed by atoms with Crippen LogP contribution in [-0.4, -0.2) is 5.62 Å². The number of nitrogens with two attached hydrogens (primary N) is 1. The quantitative estimate of drug-likeness (QED) is 0.302. The van der Waals surface area contributed by atoms with E-state index < -0.39 is 0 Å². The lowest BCUT2D eigenvalue weighted by Crippen LogP contribution is -1.62. The van der Waals surface area contributed by atoms with Crippen molar-refractivity contribution in [3.05, 3.63) is 0 Å². The molecule has 0 amide bonds. The molecule has 0 saturated heterocycles. The Bertz CT molecular complexity index is 49.0. The van der Waals surface area contributed by atoms with Gasteiger partial charge in [-0.1, -0.05) is 0 Å². The second-order valence-electron chi connectivity index (χ2n) is 0.425. The molecular formula is CH3NOS4. The van der Waals surface area contributed by atoms with E-state index in [0.717, 1.165) is 27.4 Å². The van der Waals surface area contributed by atoms with E-state index in [-0.39, 0.29) is 0 Å². The molecule has 0 aliphatic rings. The third-order valence-corrected chi connectivity index (χ3v) is 4.72. The first-order valence-electron chi connectivity index (χ1n) is 1.21. The molecule has 0 unspecified atom stereocenters. The van der Waals surface area contributed by atoms with Crippen molar-refractivity contribution < 1.29 is 4.79 Å². The van der Waals surface area contributed by atoms with Gasteiger partial charge in [0, 0.05) is 9.83 Å². The molecule has 6 heteroatoms. The smallest absolute Gasteiger partial charge is 0.187 e. The third kappa shape index (κ3) is 7.03. The predicted molar refractivity (Wildman–Crippen MR) is 41.3 cm³/mol. The van der Waals surface area contributed by atoms with Crippen molar-refractivity contribution in [3.63, 3.8) is 0 Å². The van der Waals surface area contributed by atoms with Gasteiger partial charge in [-0.2, -0.15) is 0 Å². The van der Waals surface area contributed by atoms with Gasteiger partial charge in [0.25, 0.3) is 0 Å². The molecule has 0 aromatic carbocycles. The first-order valence-corrected chi connectivity index (χ1v) is 6.15. The van der Waals surface area contributed by atoms with E-state index in [4.69, 9.17) is 5.14 Å². The standard InChI is InChI=1S/CH3NOS4/c2-5-7-6-4-1-3/h1H,2H2. The van der Waals surface area contributed by atoms with Gasteiger partial charge in [0.05, 0.1) is 0 Å². The van der Waals surface area contributed by atoms with Crippen LogP contribution in [0.2, 0.25) is 0 Å². The minimum atomic E-state index is 0.772.